The van der Waals surface area contributed by atoms with Crippen molar-refractivity contribution in [1.29, 1.82) is 0 Å². The number of thiophene rings is 1. The third-order valence-corrected chi connectivity index (χ3v) is 6.09. The molecule has 0 spiro atoms. The van der Waals surface area contributed by atoms with Gasteiger partial charge in [-0.2, -0.15) is 5.10 Å². The lowest BCUT2D eigenvalue weighted by atomic mass is 10.1. The Balaban J connectivity index is 1.32. The number of ether oxygens (including phenoxy) is 1. The molecule has 0 saturated carbocycles. The Morgan fingerprint density at radius 3 is 2.61 bits per heavy atom. The summed E-state index contributed by atoms with van der Waals surface area (Å²) < 4.78 is 7.63. The fourth-order valence-corrected chi connectivity index (χ4v) is 3.99. The number of carbonyl (C=O) groups excluding carboxylic acids is 1. The minimum absolute atomic E-state index is 0.131. The number of carbonyl (C=O) groups is 1. The standard InChI is InChI=1S/C24H22ClN3O2S/c1-16-3-8-22(9-17(16)2)30-14-19-10-23(31-15-19)24(29)27-21-6-4-18(5-7-21)12-28-13-20(25)11-26-28/h3-11,13,15H,12,14H2,1-2H3,(H,27,29). The lowest BCUT2D eigenvalue weighted by Gasteiger charge is -2.07. The Hall–Kier alpha value is -3.09. The van der Waals surface area contributed by atoms with E-state index in [0.717, 1.165) is 22.6 Å². The Kier molecular flexibility index (Phi) is 6.39. The summed E-state index contributed by atoms with van der Waals surface area (Å²) in [6, 6.07) is 15.6. The number of hydrogen-bond donors (Lipinski definition) is 1. The SMILES string of the molecule is Cc1ccc(OCc2csc(C(=O)Nc3ccc(Cn4cc(Cl)cn4)cc3)c2)cc1C. The maximum Gasteiger partial charge on any atom is 0.265 e. The first kappa shape index (κ1) is 21.2. The molecule has 0 aliphatic rings. The van der Waals surface area contributed by atoms with Crippen LogP contribution in [0.3, 0.4) is 0 Å². The summed E-state index contributed by atoms with van der Waals surface area (Å²) in [7, 11) is 0. The molecule has 7 heteroatoms. The predicted octanol–water partition coefficient (Wildman–Crippen LogP) is 6.09. The highest BCUT2D eigenvalue weighted by Gasteiger charge is 2.10. The molecule has 0 aliphatic heterocycles. The maximum atomic E-state index is 12.6. The van der Waals surface area contributed by atoms with Crippen molar-refractivity contribution >= 4 is 34.5 Å². The fraction of sp³-hybridized carbons (Fsp3) is 0.167. The fourth-order valence-electron chi connectivity index (χ4n) is 3.04. The second kappa shape index (κ2) is 9.37. The first-order valence-corrected chi connectivity index (χ1v) is 11.1. The Labute approximate surface area is 190 Å². The van der Waals surface area contributed by atoms with Crippen LogP contribution in [0.4, 0.5) is 5.69 Å². The Morgan fingerprint density at radius 2 is 1.90 bits per heavy atom. The van der Waals surface area contributed by atoms with E-state index in [1.54, 1.807) is 17.1 Å². The lowest BCUT2D eigenvalue weighted by molar-refractivity contribution is 0.103. The highest BCUT2D eigenvalue weighted by Crippen LogP contribution is 2.21. The van der Waals surface area contributed by atoms with Gasteiger partial charge in [0.1, 0.15) is 12.4 Å². The van der Waals surface area contributed by atoms with E-state index < -0.39 is 0 Å². The van der Waals surface area contributed by atoms with Gasteiger partial charge in [-0.25, -0.2) is 0 Å². The van der Waals surface area contributed by atoms with Gasteiger partial charge in [0.05, 0.1) is 22.6 Å². The zero-order valence-electron chi connectivity index (χ0n) is 17.3. The van der Waals surface area contributed by atoms with Crippen LogP contribution in [0.25, 0.3) is 0 Å². The molecule has 2 aromatic carbocycles. The van der Waals surface area contributed by atoms with Crippen molar-refractivity contribution in [3.05, 3.63) is 98.5 Å². The molecule has 0 bridgehead atoms. The number of hydrogen-bond acceptors (Lipinski definition) is 4. The monoisotopic (exact) mass is 451 g/mol. The summed E-state index contributed by atoms with van der Waals surface area (Å²) in [6.07, 6.45) is 3.38. The molecule has 0 unspecified atom stereocenters. The second-order valence-electron chi connectivity index (χ2n) is 7.36. The molecule has 0 radical (unpaired) electrons. The number of aryl methyl sites for hydroxylation is 2. The topological polar surface area (TPSA) is 56.1 Å². The summed E-state index contributed by atoms with van der Waals surface area (Å²) in [5.41, 5.74) is 5.22. The molecule has 1 N–H and O–H groups in total. The average Bonchev–Trinajstić information content (AvgIpc) is 3.39. The first-order valence-electron chi connectivity index (χ1n) is 9.82. The zero-order chi connectivity index (χ0) is 21.8. The second-order valence-corrected chi connectivity index (χ2v) is 8.71. The van der Waals surface area contributed by atoms with Crippen molar-refractivity contribution in [1.82, 2.24) is 9.78 Å². The van der Waals surface area contributed by atoms with E-state index in [1.165, 1.54) is 22.5 Å². The zero-order valence-corrected chi connectivity index (χ0v) is 18.8. The van der Waals surface area contributed by atoms with Crippen molar-refractivity contribution in [3.8, 4) is 5.75 Å². The van der Waals surface area contributed by atoms with Crippen LogP contribution in [0, 0.1) is 13.8 Å². The molecular weight excluding hydrogens is 430 g/mol. The van der Waals surface area contributed by atoms with Gasteiger partial charge in [-0.3, -0.25) is 9.48 Å². The van der Waals surface area contributed by atoms with Crippen LogP contribution in [0.1, 0.15) is 31.9 Å². The molecule has 4 aromatic rings. The average molecular weight is 452 g/mol. The van der Waals surface area contributed by atoms with Gasteiger partial charge in [-0.15, -0.1) is 11.3 Å². The molecule has 0 atom stereocenters. The summed E-state index contributed by atoms with van der Waals surface area (Å²) >= 11 is 7.30. The summed E-state index contributed by atoms with van der Waals surface area (Å²) in [5.74, 6) is 0.701. The third kappa shape index (κ3) is 5.54. The van der Waals surface area contributed by atoms with Gasteiger partial charge in [0.25, 0.3) is 5.91 Å². The highest BCUT2D eigenvalue weighted by atomic mass is 35.5. The molecule has 0 aliphatic carbocycles. The van der Waals surface area contributed by atoms with E-state index in [-0.39, 0.29) is 5.91 Å². The molecule has 4 rings (SSSR count). The number of nitrogens with one attached hydrogen (secondary N) is 1. The van der Waals surface area contributed by atoms with E-state index in [4.69, 9.17) is 16.3 Å². The minimum Gasteiger partial charge on any atom is -0.489 e. The van der Waals surface area contributed by atoms with Gasteiger partial charge in [-0.1, -0.05) is 29.8 Å². The molecule has 0 fully saturated rings. The quantitative estimate of drug-likeness (QED) is 0.369. The molecule has 5 nitrogen and oxygen atoms in total. The van der Waals surface area contributed by atoms with Gasteiger partial charge in [-0.05, 0) is 66.2 Å². The molecule has 158 valence electrons. The minimum atomic E-state index is -0.131. The normalized spacial score (nSPS) is 10.8. The van der Waals surface area contributed by atoms with Crippen LogP contribution >= 0.6 is 22.9 Å². The summed E-state index contributed by atoms with van der Waals surface area (Å²) in [4.78, 5) is 13.2. The highest BCUT2D eigenvalue weighted by molar-refractivity contribution is 7.12. The summed E-state index contributed by atoms with van der Waals surface area (Å²) in [6.45, 7) is 5.19. The van der Waals surface area contributed by atoms with Gasteiger partial charge >= 0.3 is 0 Å². The van der Waals surface area contributed by atoms with Crippen molar-refractivity contribution in [2.24, 2.45) is 0 Å². The van der Waals surface area contributed by atoms with Crippen LogP contribution in [0.2, 0.25) is 5.02 Å². The van der Waals surface area contributed by atoms with E-state index in [1.807, 2.05) is 53.9 Å². The number of nitrogens with zero attached hydrogens (tertiary/aromatic N) is 2. The number of aromatic nitrogens is 2. The van der Waals surface area contributed by atoms with Crippen LogP contribution in [-0.2, 0) is 13.2 Å². The van der Waals surface area contributed by atoms with Crippen LogP contribution in [0.5, 0.6) is 5.75 Å². The van der Waals surface area contributed by atoms with Gasteiger partial charge in [0.15, 0.2) is 0 Å². The number of amides is 1. The van der Waals surface area contributed by atoms with Crippen molar-refractivity contribution in [2.75, 3.05) is 5.32 Å². The van der Waals surface area contributed by atoms with Crippen molar-refractivity contribution < 1.29 is 9.53 Å². The van der Waals surface area contributed by atoms with Gasteiger partial charge in [0, 0.05) is 17.4 Å². The molecule has 1 amide bonds. The molecule has 31 heavy (non-hydrogen) atoms. The van der Waals surface area contributed by atoms with Gasteiger partial charge in [0.2, 0.25) is 0 Å². The number of rotatable bonds is 7. The number of halogens is 1. The van der Waals surface area contributed by atoms with Gasteiger partial charge < -0.3 is 10.1 Å². The lowest BCUT2D eigenvalue weighted by Crippen LogP contribution is -2.10. The predicted molar refractivity (Wildman–Crippen MR) is 125 cm³/mol. The molecule has 0 saturated heterocycles. The van der Waals surface area contributed by atoms with Crippen LogP contribution < -0.4 is 10.1 Å². The van der Waals surface area contributed by atoms with Crippen molar-refractivity contribution in [3.63, 3.8) is 0 Å². The maximum absolute atomic E-state index is 12.6. The van der Waals surface area contributed by atoms with Crippen LogP contribution in [-0.4, -0.2) is 15.7 Å². The van der Waals surface area contributed by atoms with E-state index in [0.29, 0.717) is 23.1 Å². The van der Waals surface area contributed by atoms with E-state index >= 15 is 0 Å². The molecule has 2 aromatic heterocycles. The molecular formula is C24H22ClN3O2S. The number of anilines is 1. The Morgan fingerprint density at radius 1 is 1.10 bits per heavy atom. The smallest absolute Gasteiger partial charge is 0.265 e. The van der Waals surface area contributed by atoms with E-state index in [9.17, 15) is 4.79 Å². The largest absolute Gasteiger partial charge is 0.489 e. The molecule has 2 heterocycles. The van der Waals surface area contributed by atoms with Crippen LogP contribution in [0.15, 0.2) is 66.3 Å². The first-order chi connectivity index (χ1) is 15.0. The Bertz CT molecular complexity index is 1200. The van der Waals surface area contributed by atoms with Crippen molar-refractivity contribution in [2.45, 2.75) is 27.0 Å². The summed E-state index contributed by atoms with van der Waals surface area (Å²) in [5, 5.41) is 9.68. The number of benzene rings is 2. The van der Waals surface area contributed by atoms with E-state index in [2.05, 4.69) is 24.3 Å². The third-order valence-electron chi connectivity index (χ3n) is 4.92.